The first-order valence-electron chi connectivity index (χ1n) is 9.81. The Kier molecular flexibility index (Phi) is 5.64. The number of ether oxygens (including phenoxy) is 2. The molecule has 2 aliphatic heterocycles. The number of piperidine rings is 1. The van der Waals surface area contributed by atoms with E-state index in [0.717, 1.165) is 32.2 Å². The minimum Gasteiger partial charge on any atom is -0.454 e. The molecule has 0 spiro atoms. The van der Waals surface area contributed by atoms with Gasteiger partial charge in [-0.3, -0.25) is 4.79 Å². The molecular weight excluding hydrogens is 364 g/mol. The molecule has 0 unspecified atom stereocenters. The van der Waals surface area contributed by atoms with Crippen LogP contribution < -0.4 is 14.8 Å². The number of benzene rings is 1. The zero-order valence-electron chi connectivity index (χ0n) is 17.0. The molecule has 0 bridgehead atoms. The number of nitrogens with zero attached hydrogens (tertiary/aromatic N) is 1. The van der Waals surface area contributed by atoms with Gasteiger partial charge < -0.3 is 19.7 Å². The van der Waals surface area contributed by atoms with Crippen LogP contribution in [0.4, 0.5) is 0 Å². The van der Waals surface area contributed by atoms with Crippen molar-refractivity contribution < 1.29 is 14.3 Å². The Morgan fingerprint density at radius 2 is 1.89 bits per heavy atom. The van der Waals surface area contributed by atoms with Crippen LogP contribution in [-0.4, -0.2) is 41.3 Å². The van der Waals surface area contributed by atoms with Crippen molar-refractivity contribution in [3.05, 3.63) is 22.7 Å². The molecule has 150 valence electrons. The average Bonchev–Trinajstić information content (AvgIpc) is 3.01. The van der Waals surface area contributed by atoms with Gasteiger partial charge in [0.1, 0.15) is 0 Å². The van der Waals surface area contributed by atoms with E-state index < -0.39 is 0 Å². The molecule has 1 aromatic carbocycles. The normalized spacial score (nSPS) is 20.5. The van der Waals surface area contributed by atoms with Crippen LogP contribution in [0.2, 0.25) is 5.02 Å². The smallest absolute Gasteiger partial charge is 0.254 e. The number of fused-ring (bicyclic) bond motifs is 1. The molecule has 6 heteroatoms. The highest BCUT2D eigenvalue weighted by Crippen LogP contribution is 2.40. The summed E-state index contributed by atoms with van der Waals surface area (Å²) in [6, 6.07) is 3.64. The van der Waals surface area contributed by atoms with Crippen LogP contribution in [0.25, 0.3) is 0 Å². The predicted molar refractivity (Wildman–Crippen MR) is 108 cm³/mol. The highest BCUT2D eigenvalue weighted by Gasteiger charge is 2.41. The van der Waals surface area contributed by atoms with Crippen LogP contribution in [0.3, 0.4) is 0 Å². The lowest BCUT2D eigenvalue weighted by molar-refractivity contribution is 0.0441. The minimum absolute atomic E-state index is 0.0159. The van der Waals surface area contributed by atoms with E-state index in [4.69, 9.17) is 21.1 Å². The summed E-state index contributed by atoms with van der Waals surface area (Å²) >= 11 is 6.32. The largest absolute Gasteiger partial charge is 0.454 e. The quantitative estimate of drug-likeness (QED) is 0.791. The van der Waals surface area contributed by atoms with E-state index >= 15 is 0 Å². The molecule has 27 heavy (non-hydrogen) atoms. The second kappa shape index (κ2) is 7.51. The SMILES string of the molecule is CCCCN(C(=O)c1cc(Cl)c2c(c1)OCO2)C1CC(C)(C)NC(C)(C)C1. The third-order valence-corrected chi connectivity index (χ3v) is 5.58. The fourth-order valence-electron chi connectivity index (χ4n) is 4.52. The molecule has 1 aromatic rings. The second-order valence-corrected chi connectivity index (χ2v) is 9.41. The summed E-state index contributed by atoms with van der Waals surface area (Å²) in [5.41, 5.74) is 0.516. The van der Waals surface area contributed by atoms with Gasteiger partial charge in [0.15, 0.2) is 11.5 Å². The molecule has 5 nitrogen and oxygen atoms in total. The third kappa shape index (κ3) is 4.52. The summed E-state index contributed by atoms with van der Waals surface area (Å²) < 4.78 is 10.8. The number of carbonyl (C=O) groups excluding carboxylic acids is 1. The Hall–Kier alpha value is -1.46. The fraction of sp³-hybridized carbons (Fsp3) is 0.667. The maximum absolute atomic E-state index is 13.5. The number of nitrogens with one attached hydrogen (secondary N) is 1. The molecule has 0 aliphatic carbocycles. The third-order valence-electron chi connectivity index (χ3n) is 5.30. The maximum atomic E-state index is 13.5. The van der Waals surface area contributed by atoms with Crippen molar-refractivity contribution in [2.24, 2.45) is 0 Å². The average molecular weight is 395 g/mol. The number of amides is 1. The Balaban J connectivity index is 1.90. The zero-order chi connectivity index (χ0) is 19.8. The number of halogens is 1. The molecule has 2 heterocycles. The van der Waals surface area contributed by atoms with Gasteiger partial charge in [-0.25, -0.2) is 0 Å². The first kappa shape index (κ1) is 20.3. The lowest BCUT2D eigenvalue weighted by Gasteiger charge is -2.49. The number of hydrogen-bond acceptors (Lipinski definition) is 4. The summed E-state index contributed by atoms with van der Waals surface area (Å²) in [6.45, 7) is 11.9. The summed E-state index contributed by atoms with van der Waals surface area (Å²) in [4.78, 5) is 15.5. The number of unbranched alkanes of at least 4 members (excludes halogenated alkanes) is 1. The van der Waals surface area contributed by atoms with Gasteiger partial charge in [-0.2, -0.15) is 0 Å². The van der Waals surface area contributed by atoms with Gasteiger partial charge >= 0.3 is 0 Å². The summed E-state index contributed by atoms with van der Waals surface area (Å²) in [7, 11) is 0. The zero-order valence-corrected chi connectivity index (χ0v) is 17.8. The predicted octanol–water partition coefficient (Wildman–Crippen LogP) is 4.62. The summed E-state index contributed by atoms with van der Waals surface area (Å²) in [6.07, 6.45) is 3.87. The van der Waals surface area contributed by atoms with Gasteiger partial charge in [0.2, 0.25) is 6.79 Å². The van der Waals surface area contributed by atoms with E-state index in [9.17, 15) is 4.79 Å². The number of rotatable bonds is 5. The maximum Gasteiger partial charge on any atom is 0.254 e. The lowest BCUT2D eigenvalue weighted by atomic mass is 9.78. The van der Waals surface area contributed by atoms with Gasteiger partial charge in [-0.05, 0) is 59.1 Å². The molecular formula is C21H31ClN2O3. The Labute approximate surface area is 167 Å². The molecule has 0 atom stereocenters. The molecule has 1 fully saturated rings. The van der Waals surface area contributed by atoms with E-state index in [1.54, 1.807) is 12.1 Å². The fourth-order valence-corrected chi connectivity index (χ4v) is 4.79. The van der Waals surface area contributed by atoms with Crippen molar-refractivity contribution in [2.45, 2.75) is 77.4 Å². The van der Waals surface area contributed by atoms with E-state index in [-0.39, 0.29) is 29.8 Å². The number of hydrogen-bond donors (Lipinski definition) is 1. The van der Waals surface area contributed by atoms with Gasteiger partial charge in [0.05, 0.1) is 5.02 Å². The van der Waals surface area contributed by atoms with E-state index in [2.05, 4.69) is 39.9 Å². The standard InChI is InChI=1S/C21H31ClN2O3/c1-6-7-8-24(15-11-20(2,3)23-21(4,5)12-15)19(25)14-9-16(22)18-17(10-14)26-13-27-18/h9-10,15,23H,6-8,11-13H2,1-5H3. The molecule has 0 saturated carbocycles. The van der Waals surface area contributed by atoms with Crippen molar-refractivity contribution in [2.75, 3.05) is 13.3 Å². The van der Waals surface area contributed by atoms with Crippen LogP contribution >= 0.6 is 11.6 Å². The van der Waals surface area contributed by atoms with Gasteiger partial charge in [-0.1, -0.05) is 24.9 Å². The Bertz CT molecular complexity index is 702. The lowest BCUT2D eigenvalue weighted by Crippen LogP contribution is -2.62. The number of carbonyl (C=O) groups is 1. The van der Waals surface area contributed by atoms with Crippen LogP contribution in [0.1, 0.15) is 70.7 Å². The van der Waals surface area contributed by atoms with Gasteiger partial charge in [0, 0.05) is 29.2 Å². The van der Waals surface area contributed by atoms with E-state index in [0.29, 0.717) is 22.1 Å². The van der Waals surface area contributed by atoms with Crippen LogP contribution in [0.5, 0.6) is 11.5 Å². The van der Waals surface area contributed by atoms with Crippen LogP contribution in [0.15, 0.2) is 12.1 Å². The highest BCUT2D eigenvalue weighted by atomic mass is 35.5. The minimum atomic E-state index is -0.0241. The molecule has 0 radical (unpaired) electrons. The Morgan fingerprint density at radius 3 is 2.52 bits per heavy atom. The van der Waals surface area contributed by atoms with Crippen LogP contribution in [-0.2, 0) is 0 Å². The van der Waals surface area contributed by atoms with Crippen molar-refractivity contribution in [1.82, 2.24) is 10.2 Å². The monoisotopic (exact) mass is 394 g/mol. The van der Waals surface area contributed by atoms with Crippen molar-refractivity contribution >= 4 is 17.5 Å². The summed E-state index contributed by atoms with van der Waals surface area (Å²) in [5.74, 6) is 1.09. The molecule has 3 rings (SSSR count). The first-order valence-corrected chi connectivity index (χ1v) is 10.2. The van der Waals surface area contributed by atoms with Crippen molar-refractivity contribution in [3.63, 3.8) is 0 Å². The highest BCUT2D eigenvalue weighted by molar-refractivity contribution is 6.32. The topological polar surface area (TPSA) is 50.8 Å². The van der Waals surface area contributed by atoms with E-state index in [1.165, 1.54) is 0 Å². The van der Waals surface area contributed by atoms with E-state index in [1.807, 2.05) is 4.90 Å². The van der Waals surface area contributed by atoms with Gasteiger partial charge in [-0.15, -0.1) is 0 Å². The molecule has 1 N–H and O–H groups in total. The summed E-state index contributed by atoms with van der Waals surface area (Å²) in [5, 5.41) is 4.12. The van der Waals surface area contributed by atoms with Crippen LogP contribution in [0, 0.1) is 0 Å². The Morgan fingerprint density at radius 1 is 1.22 bits per heavy atom. The molecule has 2 aliphatic rings. The van der Waals surface area contributed by atoms with Crippen molar-refractivity contribution in [3.8, 4) is 11.5 Å². The molecule has 0 aromatic heterocycles. The molecule has 1 amide bonds. The second-order valence-electron chi connectivity index (χ2n) is 9.00. The van der Waals surface area contributed by atoms with Gasteiger partial charge in [0.25, 0.3) is 5.91 Å². The molecule has 1 saturated heterocycles. The first-order chi connectivity index (χ1) is 12.6. The van der Waals surface area contributed by atoms with Crippen molar-refractivity contribution in [1.29, 1.82) is 0 Å².